The van der Waals surface area contributed by atoms with Crippen molar-refractivity contribution < 1.29 is 24.2 Å². The smallest absolute Gasteiger partial charge is 0.306 e. The quantitative estimate of drug-likeness (QED) is 0.0373. The van der Waals surface area contributed by atoms with Crippen LogP contribution in [0.5, 0.6) is 0 Å². The molecule has 0 amide bonds. The van der Waals surface area contributed by atoms with Crippen LogP contribution in [0.15, 0.2) is 12.2 Å². The Bertz CT molecular complexity index is 1090. The lowest BCUT2D eigenvalue weighted by atomic mass is 10.0. The highest BCUT2D eigenvalue weighted by Gasteiger charge is 2.16. The summed E-state index contributed by atoms with van der Waals surface area (Å²) in [6.07, 6.45) is 84.0. The second kappa shape index (κ2) is 65.9. The van der Waals surface area contributed by atoms with Gasteiger partial charge in [-0.15, -0.1) is 0 Å². The molecule has 0 aliphatic rings. The first kappa shape index (κ1) is 72.6. The van der Waals surface area contributed by atoms with Crippen LogP contribution >= 0.6 is 0 Å². The molecular formula is C69H134O5. The topological polar surface area (TPSA) is 72.8 Å². The number of aliphatic hydroxyl groups is 1. The van der Waals surface area contributed by atoms with E-state index in [0.29, 0.717) is 12.8 Å². The maximum Gasteiger partial charge on any atom is 0.306 e. The minimum absolute atomic E-state index is 0.0563. The molecule has 440 valence electrons. The largest absolute Gasteiger partial charge is 0.462 e. The summed E-state index contributed by atoms with van der Waals surface area (Å²) in [7, 11) is 0. The lowest BCUT2D eigenvalue weighted by molar-refractivity contribution is -0.161. The molecule has 0 saturated carbocycles. The predicted octanol–water partition coefficient (Wildman–Crippen LogP) is 23.4. The van der Waals surface area contributed by atoms with Crippen LogP contribution in [0.4, 0.5) is 0 Å². The fourth-order valence-electron chi connectivity index (χ4n) is 10.9. The lowest BCUT2D eigenvalue weighted by Gasteiger charge is -2.15. The van der Waals surface area contributed by atoms with Gasteiger partial charge in [0.1, 0.15) is 6.61 Å². The van der Waals surface area contributed by atoms with E-state index in [-0.39, 0.29) is 25.2 Å². The van der Waals surface area contributed by atoms with Gasteiger partial charge in [-0.3, -0.25) is 9.59 Å². The number of carbonyl (C=O) groups is 2. The Kier molecular flexibility index (Phi) is 64.7. The Labute approximate surface area is 464 Å². The molecule has 0 rings (SSSR count). The van der Waals surface area contributed by atoms with Crippen LogP contribution in [0.1, 0.15) is 399 Å². The number of ether oxygens (including phenoxy) is 2. The highest BCUT2D eigenvalue weighted by molar-refractivity contribution is 5.70. The van der Waals surface area contributed by atoms with Gasteiger partial charge in [0, 0.05) is 12.8 Å². The number of hydrogen-bond acceptors (Lipinski definition) is 5. The van der Waals surface area contributed by atoms with E-state index in [9.17, 15) is 14.7 Å². The van der Waals surface area contributed by atoms with Gasteiger partial charge in [0.15, 0.2) is 6.10 Å². The van der Waals surface area contributed by atoms with Crippen molar-refractivity contribution in [2.24, 2.45) is 0 Å². The summed E-state index contributed by atoms with van der Waals surface area (Å²) < 4.78 is 10.8. The van der Waals surface area contributed by atoms with Gasteiger partial charge in [0.05, 0.1) is 6.61 Å². The normalized spacial score (nSPS) is 12.1. The van der Waals surface area contributed by atoms with Gasteiger partial charge < -0.3 is 14.6 Å². The highest BCUT2D eigenvalue weighted by Crippen LogP contribution is 2.19. The molecule has 0 aromatic heterocycles. The molecule has 1 N–H and O–H groups in total. The zero-order chi connectivity index (χ0) is 53.4. The Hall–Kier alpha value is -1.36. The van der Waals surface area contributed by atoms with Crippen molar-refractivity contribution in [3.63, 3.8) is 0 Å². The Morgan fingerprint density at radius 1 is 0.297 bits per heavy atom. The lowest BCUT2D eigenvalue weighted by Crippen LogP contribution is -2.28. The standard InChI is InChI=1S/C69H134O5/c1-3-5-7-9-11-13-15-17-19-21-23-25-27-28-29-30-31-32-33-34-35-36-37-38-39-40-42-44-46-48-50-52-54-56-58-60-62-64-69(72)74-67(65-70)66-73-68(71)63-61-59-57-55-53-51-49-47-45-43-41-26-24-22-20-18-16-14-12-10-8-6-4-2/h21,23,67,70H,3-20,22,24-66H2,1-2H3/b23-21-. The van der Waals surface area contributed by atoms with E-state index in [1.165, 1.54) is 340 Å². The molecule has 0 aromatic rings. The van der Waals surface area contributed by atoms with Gasteiger partial charge in [-0.25, -0.2) is 0 Å². The third-order valence-electron chi connectivity index (χ3n) is 16.1. The molecule has 0 saturated heterocycles. The first-order valence-electron chi connectivity index (χ1n) is 34.2. The fraction of sp³-hybridized carbons (Fsp3) is 0.942. The first-order chi connectivity index (χ1) is 36.6. The van der Waals surface area contributed by atoms with Crippen molar-refractivity contribution in [2.45, 2.75) is 405 Å². The average molecular weight is 1040 g/mol. The summed E-state index contributed by atoms with van der Waals surface area (Å²) >= 11 is 0. The van der Waals surface area contributed by atoms with E-state index < -0.39 is 6.10 Å². The van der Waals surface area contributed by atoms with Crippen LogP contribution in [0, 0.1) is 0 Å². The van der Waals surface area contributed by atoms with Crippen LogP contribution in [-0.4, -0.2) is 36.4 Å². The molecule has 1 atom stereocenters. The Morgan fingerprint density at radius 2 is 0.500 bits per heavy atom. The second-order valence-electron chi connectivity index (χ2n) is 23.6. The van der Waals surface area contributed by atoms with Crippen molar-refractivity contribution in [3.8, 4) is 0 Å². The zero-order valence-corrected chi connectivity index (χ0v) is 50.7. The SMILES string of the molecule is CCCCCCCCCC/C=C\CCCCCCCCCCCCCCCCCCCCCCCCCCCC(=O)OC(CO)COC(=O)CCCCCCCCCCCCCCCCCCCCCCCCC. The van der Waals surface area contributed by atoms with Crippen molar-refractivity contribution in [3.05, 3.63) is 12.2 Å². The summed E-state index contributed by atoms with van der Waals surface area (Å²) in [6.45, 7) is 4.21. The number of aliphatic hydroxyl groups excluding tert-OH is 1. The van der Waals surface area contributed by atoms with Gasteiger partial charge in [-0.05, 0) is 38.5 Å². The molecule has 0 radical (unpaired) electrons. The van der Waals surface area contributed by atoms with Crippen molar-refractivity contribution in [1.29, 1.82) is 0 Å². The maximum atomic E-state index is 12.4. The molecule has 0 aliphatic heterocycles. The van der Waals surface area contributed by atoms with Crippen molar-refractivity contribution >= 4 is 11.9 Å². The molecule has 1 unspecified atom stereocenters. The minimum atomic E-state index is -0.766. The average Bonchev–Trinajstić information content (AvgIpc) is 3.40. The fourth-order valence-corrected chi connectivity index (χ4v) is 10.9. The van der Waals surface area contributed by atoms with Crippen LogP contribution in [-0.2, 0) is 19.1 Å². The molecular weight excluding hydrogens is 909 g/mol. The Morgan fingerprint density at radius 3 is 0.730 bits per heavy atom. The highest BCUT2D eigenvalue weighted by atomic mass is 16.6. The number of esters is 2. The maximum absolute atomic E-state index is 12.4. The van der Waals surface area contributed by atoms with Gasteiger partial charge in [-0.2, -0.15) is 0 Å². The summed E-state index contributed by atoms with van der Waals surface area (Å²) in [4.78, 5) is 24.6. The van der Waals surface area contributed by atoms with E-state index in [4.69, 9.17) is 9.47 Å². The number of rotatable bonds is 65. The van der Waals surface area contributed by atoms with Gasteiger partial charge in [0.25, 0.3) is 0 Å². The minimum Gasteiger partial charge on any atom is -0.462 e. The molecule has 5 nitrogen and oxygen atoms in total. The van der Waals surface area contributed by atoms with E-state index in [2.05, 4.69) is 26.0 Å². The molecule has 5 heteroatoms. The molecule has 0 bridgehead atoms. The summed E-state index contributed by atoms with van der Waals surface area (Å²) in [5.74, 6) is -0.561. The molecule has 0 aromatic carbocycles. The summed E-state index contributed by atoms with van der Waals surface area (Å²) in [5, 5.41) is 9.69. The summed E-state index contributed by atoms with van der Waals surface area (Å²) in [5.41, 5.74) is 0. The van der Waals surface area contributed by atoms with E-state index in [1.807, 2.05) is 0 Å². The van der Waals surface area contributed by atoms with Crippen LogP contribution in [0.3, 0.4) is 0 Å². The number of unbranched alkanes of at least 4 members (excludes halogenated alkanes) is 55. The number of carbonyl (C=O) groups excluding carboxylic acids is 2. The molecule has 0 heterocycles. The monoisotopic (exact) mass is 1040 g/mol. The van der Waals surface area contributed by atoms with E-state index in [1.54, 1.807) is 0 Å². The second-order valence-corrected chi connectivity index (χ2v) is 23.6. The van der Waals surface area contributed by atoms with Crippen LogP contribution < -0.4 is 0 Å². The van der Waals surface area contributed by atoms with Crippen LogP contribution in [0.2, 0.25) is 0 Å². The molecule has 0 spiro atoms. The number of allylic oxidation sites excluding steroid dienone is 2. The summed E-state index contributed by atoms with van der Waals surface area (Å²) in [6, 6.07) is 0. The van der Waals surface area contributed by atoms with Crippen molar-refractivity contribution in [2.75, 3.05) is 13.2 Å². The number of hydrogen-bond donors (Lipinski definition) is 1. The third kappa shape index (κ3) is 63.2. The van der Waals surface area contributed by atoms with E-state index in [0.717, 1.165) is 32.1 Å². The van der Waals surface area contributed by atoms with Crippen molar-refractivity contribution in [1.82, 2.24) is 0 Å². The van der Waals surface area contributed by atoms with Gasteiger partial charge >= 0.3 is 11.9 Å². The van der Waals surface area contributed by atoms with Crippen LogP contribution in [0.25, 0.3) is 0 Å². The molecule has 74 heavy (non-hydrogen) atoms. The zero-order valence-electron chi connectivity index (χ0n) is 50.7. The van der Waals surface area contributed by atoms with Gasteiger partial charge in [0.2, 0.25) is 0 Å². The Balaban J connectivity index is 3.35. The predicted molar refractivity (Wildman–Crippen MR) is 325 cm³/mol. The van der Waals surface area contributed by atoms with E-state index >= 15 is 0 Å². The molecule has 0 aliphatic carbocycles. The third-order valence-corrected chi connectivity index (χ3v) is 16.1. The van der Waals surface area contributed by atoms with Gasteiger partial charge in [-0.1, -0.05) is 360 Å². The first-order valence-corrected chi connectivity index (χ1v) is 34.2. The molecule has 0 fully saturated rings.